The molecule has 1 aromatic rings. The highest BCUT2D eigenvalue weighted by atomic mass is 16.2. The molecule has 1 amide bonds. The fraction of sp³-hybridized carbons (Fsp3) is 0.692. The Hall–Kier alpha value is -1.32. The van der Waals surface area contributed by atoms with Crippen molar-refractivity contribution in [2.45, 2.75) is 39.0 Å². The third kappa shape index (κ3) is 2.35. The van der Waals surface area contributed by atoms with E-state index < -0.39 is 0 Å². The lowest BCUT2D eigenvalue weighted by molar-refractivity contribution is -0.132. The van der Waals surface area contributed by atoms with Crippen LogP contribution in [0.2, 0.25) is 0 Å². The lowest BCUT2D eigenvalue weighted by Gasteiger charge is -2.32. The predicted molar refractivity (Wildman–Crippen MR) is 66.8 cm³/mol. The van der Waals surface area contributed by atoms with Crippen LogP contribution >= 0.6 is 0 Å². The summed E-state index contributed by atoms with van der Waals surface area (Å²) in [5, 5.41) is 4.29. The molecule has 94 valence electrons. The number of amides is 1. The zero-order valence-electron chi connectivity index (χ0n) is 10.9. The van der Waals surface area contributed by atoms with Gasteiger partial charge in [-0.2, -0.15) is 5.10 Å². The fourth-order valence-electron chi connectivity index (χ4n) is 2.60. The van der Waals surface area contributed by atoms with E-state index in [1.54, 1.807) is 0 Å². The van der Waals surface area contributed by atoms with Crippen LogP contribution < -0.4 is 0 Å². The molecule has 0 N–H and O–H groups in total. The van der Waals surface area contributed by atoms with Crippen molar-refractivity contribution < 1.29 is 4.79 Å². The molecule has 17 heavy (non-hydrogen) atoms. The summed E-state index contributed by atoms with van der Waals surface area (Å²) < 4.78 is 1.91. The van der Waals surface area contributed by atoms with Gasteiger partial charge in [-0.3, -0.25) is 9.48 Å². The third-order valence-electron chi connectivity index (χ3n) is 3.79. The number of nitrogens with zero attached hydrogens (tertiary/aromatic N) is 3. The maximum absolute atomic E-state index is 11.7. The second-order valence-corrected chi connectivity index (χ2v) is 4.84. The smallest absolute Gasteiger partial charge is 0.222 e. The molecule has 2 rings (SSSR count). The van der Waals surface area contributed by atoms with Crippen molar-refractivity contribution in [3.63, 3.8) is 0 Å². The van der Waals surface area contributed by atoms with E-state index in [9.17, 15) is 4.79 Å². The van der Waals surface area contributed by atoms with Crippen molar-refractivity contribution in [3.8, 4) is 0 Å². The summed E-state index contributed by atoms with van der Waals surface area (Å²) in [6.07, 6.45) is 4.84. The Morgan fingerprint density at radius 1 is 1.59 bits per heavy atom. The van der Waals surface area contributed by atoms with Crippen LogP contribution in [0, 0.1) is 6.92 Å². The number of rotatable bonds is 2. The molecular formula is C13H21N3O. The summed E-state index contributed by atoms with van der Waals surface area (Å²) in [5.41, 5.74) is 2.53. The van der Waals surface area contributed by atoms with E-state index in [1.165, 1.54) is 17.7 Å². The van der Waals surface area contributed by atoms with Crippen LogP contribution in [-0.4, -0.2) is 33.7 Å². The van der Waals surface area contributed by atoms with Gasteiger partial charge in [0.1, 0.15) is 0 Å². The molecule has 0 aromatic carbocycles. The van der Waals surface area contributed by atoms with Crippen LogP contribution in [0.25, 0.3) is 0 Å². The second-order valence-electron chi connectivity index (χ2n) is 4.84. The van der Waals surface area contributed by atoms with Crippen molar-refractivity contribution in [1.82, 2.24) is 14.7 Å². The van der Waals surface area contributed by atoms with Crippen LogP contribution in [0.4, 0.5) is 0 Å². The quantitative estimate of drug-likeness (QED) is 0.784. The van der Waals surface area contributed by atoms with Crippen molar-refractivity contribution in [2.24, 2.45) is 7.05 Å². The number of piperidine rings is 1. The lowest BCUT2D eigenvalue weighted by atomic mass is 9.91. The van der Waals surface area contributed by atoms with Gasteiger partial charge in [0.2, 0.25) is 5.91 Å². The molecule has 0 radical (unpaired) electrons. The van der Waals surface area contributed by atoms with Gasteiger partial charge in [0.15, 0.2) is 0 Å². The zero-order valence-corrected chi connectivity index (χ0v) is 10.9. The third-order valence-corrected chi connectivity index (χ3v) is 3.79. The van der Waals surface area contributed by atoms with E-state index >= 15 is 0 Å². The Bertz CT molecular complexity index is 411. The first-order chi connectivity index (χ1) is 8.13. The average Bonchev–Trinajstić information content (AvgIpc) is 2.69. The number of carbonyl (C=O) groups excluding carboxylic acids is 1. The zero-order chi connectivity index (χ0) is 12.4. The Morgan fingerprint density at radius 2 is 2.35 bits per heavy atom. The van der Waals surface area contributed by atoms with E-state index in [-0.39, 0.29) is 5.91 Å². The highest BCUT2D eigenvalue weighted by Crippen LogP contribution is 2.28. The van der Waals surface area contributed by atoms with Gasteiger partial charge in [-0.25, -0.2) is 0 Å². The maximum atomic E-state index is 11.7. The van der Waals surface area contributed by atoms with Gasteiger partial charge in [0, 0.05) is 38.2 Å². The number of aryl methyl sites for hydroxylation is 1. The van der Waals surface area contributed by atoms with Gasteiger partial charge in [0.25, 0.3) is 0 Å². The number of aromatic nitrogens is 2. The van der Waals surface area contributed by atoms with E-state index in [4.69, 9.17) is 0 Å². The first-order valence-electron chi connectivity index (χ1n) is 6.39. The Labute approximate surface area is 103 Å². The molecule has 1 saturated heterocycles. The first kappa shape index (κ1) is 12.1. The summed E-state index contributed by atoms with van der Waals surface area (Å²) >= 11 is 0. The molecule has 4 nitrogen and oxygen atoms in total. The van der Waals surface area contributed by atoms with Gasteiger partial charge in [-0.05, 0) is 25.3 Å². The molecule has 0 bridgehead atoms. The van der Waals surface area contributed by atoms with Gasteiger partial charge < -0.3 is 4.90 Å². The Morgan fingerprint density at radius 3 is 2.94 bits per heavy atom. The number of likely N-dealkylation sites (tertiary alicyclic amines) is 1. The minimum absolute atomic E-state index is 0.274. The van der Waals surface area contributed by atoms with Gasteiger partial charge in [0.05, 0.1) is 6.20 Å². The lowest BCUT2D eigenvalue weighted by Crippen LogP contribution is -2.38. The van der Waals surface area contributed by atoms with Crippen LogP contribution in [-0.2, 0) is 11.8 Å². The standard InChI is InChI=1S/C13H21N3O/c1-4-13(17)16-7-5-6-11(9-16)12-8-14-15(3)10(12)2/h8,11H,4-7,9H2,1-3H3. The van der Waals surface area contributed by atoms with E-state index in [0.717, 1.165) is 19.5 Å². The molecule has 0 aliphatic carbocycles. The molecule has 0 spiro atoms. The molecule has 1 atom stereocenters. The van der Waals surface area contributed by atoms with Crippen molar-refractivity contribution in [2.75, 3.05) is 13.1 Å². The molecular weight excluding hydrogens is 214 g/mol. The minimum Gasteiger partial charge on any atom is -0.342 e. The van der Waals surface area contributed by atoms with E-state index in [1.807, 2.05) is 29.7 Å². The monoisotopic (exact) mass is 235 g/mol. The van der Waals surface area contributed by atoms with Crippen molar-refractivity contribution in [3.05, 3.63) is 17.5 Å². The molecule has 1 aliphatic heterocycles. The van der Waals surface area contributed by atoms with Crippen LogP contribution in [0.15, 0.2) is 6.20 Å². The van der Waals surface area contributed by atoms with Crippen LogP contribution in [0.5, 0.6) is 0 Å². The second kappa shape index (κ2) is 4.90. The van der Waals surface area contributed by atoms with Crippen LogP contribution in [0.1, 0.15) is 43.4 Å². The minimum atomic E-state index is 0.274. The molecule has 0 saturated carbocycles. The molecule has 1 fully saturated rings. The summed E-state index contributed by atoms with van der Waals surface area (Å²) in [4.78, 5) is 13.7. The fourth-order valence-corrected chi connectivity index (χ4v) is 2.60. The number of carbonyl (C=O) groups is 1. The molecule has 1 unspecified atom stereocenters. The van der Waals surface area contributed by atoms with Gasteiger partial charge in [-0.15, -0.1) is 0 Å². The summed E-state index contributed by atoms with van der Waals surface area (Å²) in [7, 11) is 1.97. The molecule has 1 aromatic heterocycles. The normalized spacial score (nSPS) is 20.6. The topological polar surface area (TPSA) is 38.1 Å². The van der Waals surface area contributed by atoms with Gasteiger partial charge in [-0.1, -0.05) is 6.92 Å². The molecule has 4 heteroatoms. The number of hydrogen-bond acceptors (Lipinski definition) is 2. The molecule has 1 aliphatic rings. The van der Waals surface area contributed by atoms with E-state index in [0.29, 0.717) is 12.3 Å². The summed E-state index contributed by atoms with van der Waals surface area (Å²) in [6.45, 7) is 5.81. The Kier molecular flexibility index (Phi) is 3.50. The average molecular weight is 235 g/mol. The highest BCUT2D eigenvalue weighted by molar-refractivity contribution is 5.76. The van der Waals surface area contributed by atoms with E-state index in [2.05, 4.69) is 12.0 Å². The first-order valence-corrected chi connectivity index (χ1v) is 6.39. The maximum Gasteiger partial charge on any atom is 0.222 e. The predicted octanol–water partition coefficient (Wildman–Crippen LogP) is 1.84. The Balaban J connectivity index is 2.12. The summed E-state index contributed by atoms with van der Waals surface area (Å²) in [6, 6.07) is 0. The SMILES string of the molecule is CCC(=O)N1CCCC(c2cnn(C)c2C)C1. The summed E-state index contributed by atoms with van der Waals surface area (Å²) in [5.74, 6) is 0.740. The molecule has 2 heterocycles. The van der Waals surface area contributed by atoms with Crippen molar-refractivity contribution in [1.29, 1.82) is 0 Å². The van der Waals surface area contributed by atoms with Crippen molar-refractivity contribution >= 4 is 5.91 Å². The van der Waals surface area contributed by atoms with Crippen LogP contribution in [0.3, 0.4) is 0 Å². The number of hydrogen-bond donors (Lipinski definition) is 0. The largest absolute Gasteiger partial charge is 0.342 e. The van der Waals surface area contributed by atoms with Gasteiger partial charge >= 0.3 is 0 Å². The highest BCUT2D eigenvalue weighted by Gasteiger charge is 2.25.